The largest absolute Gasteiger partial charge is 0.508 e. The average Bonchev–Trinajstić information content (AvgIpc) is 2.53. The molecular weight excluding hydrogens is 280 g/mol. The molecule has 0 heterocycles. The van der Waals surface area contributed by atoms with E-state index in [4.69, 9.17) is 9.84 Å². The Morgan fingerprint density at radius 3 is 2.36 bits per heavy atom. The quantitative estimate of drug-likeness (QED) is 0.741. The molecule has 4 heteroatoms. The topological polar surface area (TPSA) is 69.9 Å². The molecule has 116 valence electrons. The molecule has 4 nitrogen and oxygen atoms in total. The Balaban J connectivity index is 2.41. The lowest BCUT2D eigenvalue weighted by molar-refractivity contribution is 0.331. The van der Waals surface area contributed by atoms with E-state index in [1.807, 2.05) is 19.1 Å². The monoisotopic (exact) mass is 300 g/mol. The summed E-state index contributed by atoms with van der Waals surface area (Å²) in [4.78, 5) is 0. The fraction of sp³-hybridized carbons (Fsp3) is 0.222. The molecule has 0 atom stereocenters. The van der Waals surface area contributed by atoms with Crippen LogP contribution < -0.4 is 4.74 Å². The molecule has 2 rings (SSSR count). The molecule has 0 aliphatic carbocycles. The number of allylic oxidation sites excluding steroid dienone is 1. The molecule has 0 aromatic heterocycles. The second-order valence-electron chi connectivity index (χ2n) is 5.14. The maximum atomic E-state index is 10.3. The molecule has 0 bridgehead atoms. The van der Waals surface area contributed by atoms with Crippen molar-refractivity contribution in [2.75, 3.05) is 13.7 Å². The van der Waals surface area contributed by atoms with E-state index in [1.165, 1.54) is 0 Å². The van der Waals surface area contributed by atoms with Gasteiger partial charge in [0.05, 0.1) is 13.7 Å². The zero-order valence-corrected chi connectivity index (χ0v) is 12.7. The summed E-state index contributed by atoms with van der Waals surface area (Å²) in [6.45, 7) is 1.82. The third-order valence-corrected chi connectivity index (χ3v) is 3.51. The summed E-state index contributed by atoms with van der Waals surface area (Å²) in [6.07, 6.45) is 2.34. The normalized spacial score (nSPS) is 11.5. The van der Waals surface area contributed by atoms with Gasteiger partial charge >= 0.3 is 0 Å². The number of ether oxygens (including phenoxy) is 1. The Labute approximate surface area is 129 Å². The van der Waals surface area contributed by atoms with E-state index in [1.54, 1.807) is 37.4 Å². The zero-order chi connectivity index (χ0) is 16.1. The summed E-state index contributed by atoms with van der Waals surface area (Å²) in [5, 5.41) is 28.7. The number of phenols is 2. The third-order valence-electron chi connectivity index (χ3n) is 3.51. The van der Waals surface area contributed by atoms with E-state index in [-0.39, 0.29) is 18.1 Å². The predicted octanol–water partition coefficient (Wildman–Crippen LogP) is 3.25. The lowest BCUT2D eigenvalue weighted by Crippen LogP contribution is -1.94. The highest BCUT2D eigenvalue weighted by Gasteiger charge is 2.11. The van der Waals surface area contributed by atoms with Crippen molar-refractivity contribution in [3.63, 3.8) is 0 Å². The summed E-state index contributed by atoms with van der Waals surface area (Å²) >= 11 is 0. The van der Waals surface area contributed by atoms with Gasteiger partial charge in [0.1, 0.15) is 17.2 Å². The lowest BCUT2D eigenvalue weighted by atomic mass is 10.00. The van der Waals surface area contributed by atoms with Crippen molar-refractivity contribution in [2.24, 2.45) is 0 Å². The average molecular weight is 300 g/mol. The minimum absolute atomic E-state index is 0.00529. The van der Waals surface area contributed by atoms with Crippen molar-refractivity contribution in [1.82, 2.24) is 0 Å². The van der Waals surface area contributed by atoms with E-state index in [9.17, 15) is 10.2 Å². The van der Waals surface area contributed by atoms with Crippen LogP contribution in [0.4, 0.5) is 0 Å². The van der Waals surface area contributed by atoms with Gasteiger partial charge in [-0.25, -0.2) is 0 Å². The van der Waals surface area contributed by atoms with Crippen LogP contribution in [0, 0.1) is 0 Å². The molecule has 2 aromatic carbocycles. The minimum atomic E-state index is -0.00529. The summed E-state index contributed by atoms with van der Waals surface area (Å²) in [5.41, 5.74) is 3.20. The molecule has 22 heavy (non-hydrogen) atoms. The summed E-state index contributed by atoms with van der Waals surface area (Å²) < 4.78 is 5.38. The molecule has 0 aliphatic heterocycles. The number of aliphatic hydroxyl groups is 1. The molecule has 0 saturated heterocycles. The number of aromatic hydroxyl groups is 2. The number of benzene rings is 2. The SMILES string of the molecule is COc1cc(-c2ccc(O)cc2)cc(O)c1C/C=C(/C)CO. The number of hydrogen-bond acceptors (Lipinski definition) is 4. The predicted molar refractivity (Wildman–Crippen MR) is 86.3 cm³/mol. The Morgan fingerprint density at radius 1 is 1.09 bits per heavy atom. The number of methoxy groups -OCH3 is 1. The molecule has 0 aliphatic rings. The molecule has 3 N–H and O–H groups in total. The Morgan fingerprint density at radius 2 is 1.77 bits per heavy atom. The van der Waals surface area contributed by atoms with Crippen molar-refractivity contribution in [1.29, 1.82) is 0 Å². The molecule has 0 spiro atoms. The van der Waals surface area contributed by atoms with Gasteiger partial charge in [-0.2, -0.15) is 0 Å². The van der Waals surface area contributed by atoms with Gasteiger partial charge in [-0.15, -0.1) is 0 Å². The van der Waals surface area contributed by atoms with Gasteiger partial charge in [0.15, 0.2) is 0 Å². The number of phenolic OH excluding ortho intramolecular Hbond substituents is 2. The van der Waals surface area contributed by atoms with Crippen molar-refractivity contribution >= 4 is 0 Å². The zero-order valence-electron chi connectivity index (χ0n) is 12.7. The van der Waals surface area contributed by atoms with Crippen LogP contribution in [0.1, 0.15) is 12.5 Å². The lowest BCUT2D eigenvalue weighted by Gasteiger charge is -2.12. The van der Waals surface area contributed by atoms with Crippen molar-refractivity contribution in [3.8, 4) is 28.4 Å². The van der Waals surface area contributed by atoms with E-state index in [2.05, 4.69) is 0 Å². The van der Waals surface area contributed by atoms with Crippen LogP contribution in [-0.4, -0.2) is 29.0 Å². The van der Waals surface area contributed by atoms with Gasteiger partial charge in [-0.3, -0.25) is 0 Å². The van der Waals surface area contributed by atoms with Gasteiger partial charge in [0.2, 0.25) is 0 Å². The van der Waals surface area contributed by atoms with Crippen molar-refractivity contribution < 1.29 is 20.1 Å². The smallest absolute Gasteiger partial charge is 0.126 e. The van der Waals surface area contributed by atoms with Crippen LogP contribution in [0.5, 0.6) is 17.2 Å². The standard InChI is InChI=1S/C18H20O4/c1-12(11-19)3-8-16-17(21)9-14(10-18(16)22-2)13-4-6-15(20)7-5-13/h3-7,9-10,19-21H,8,11H2,1-2H3/b12-3-. The molecule has 0 saturated carbocycles. The van der Waals surface area contributed by atoms with Crippen LogP contribution in [0.25, 0.3) is 11.1 Å². The summed E-state index contributed by atoms with van der Waals surface area (Å²) in [7, 11) is 1.56. The van der Waals surface area contributed by atoms with E-state index < -0.39 is 0 Å². The highest BCUT2D eigenvalue weighted by molar-refractivity contribution is 5.69. The highest BCUT2D eigenvalue weighted by Crippen LogP contribution is 2.35. The maximum absolute atomic E-state index is 10.3. The van der Waals surface area contributed by atoms with Gasteiger partial charge in [-0.1, -0.05) is 23.8 Å². The molecular formula is C18H20O4. The van der Waals surface area contributed by atoms with Gasteiger partial charge < -0.3 is 20.1 Å². The van der Waals surface area contributed by atoms with Crippen molar-refractivity contribution in [3.05, 3.63) is 53.6 Å². The summed E-state index contributed by atoms with van der Waals surface area (Å²) in [5.74, 6) is 0.927. The Bertz CT molecular complexity index is 672. The van der Waals surface area contributed by atoms with Crippen LogP contribution in [0.3, 0.4) is 0 Å². The van der Waals surface area contributed by atoms with Crippen LogP contribution in [-0.2, 0) is 6.42 Å². The number of rotatable bonds is 5. The molecule has 0 radical (unpaired) electrons. The second kappa shape index (κ2) is 7.00. The van der Waals surface area contributed by atoms with E-state index in [0.717, 1.165) is 16.7 Å². The Kier molecular flexibility index (Phi) is 5.07. The molecule has 0 amide bonds. The number of aliphatic hydroxyl groups excluding tert-OH is 1. The van der Waals surface area contributed by atoms with E-state index >= 15 is 0 Å². The second-order valence-corrected chi connectivity index (χ2v) is 5.14. The Hall–Kier alpha value is -2.46. The maximum Gasteiger partial charge on any atom is 0.126 e. The van der Waals surface area contributed by atoms with Gasteiger partial charge in [-0.05, 0) is 48.7 Å². The molecule has 0 unspecified atom stereocenters. The first kappa shape index (κ1) is 15.9. The van der Waals surface area contributed by atoms with Gasteiger partial charge in [0, 0.05) is 5.56 Å². The first-order chi connectivity index (χ1) is 10.5. The first-order valence-corrected chi connectivity index (χ1v) is 7.01. The van der Waals surface area contributed by atoms with Crippen LogP contribution in [0.15, 0.2) is 48.0 Å². The van der Waals surface area contributed by atoms with Gasteiger partial charge in [0.25, 0.3) is 0 Å². The number of hydrogen-bond donors (Lipinski definition) is 3. The molecule has 2 aromatic rings. The van der Waals surface area contributed by atoms with E-state index in [0.29, 0.717) is 17.7 Å². The van der Waals surface area contributed by atoms with Crippen LogP contribution >= 0.6 is 0 Å². The first-order valence-electron chi connectivity index (χ1n) is 7.01. The fourth-order valence-corrected chi connectivity index (χ4v) is 2.18. The third kappa shape index (κ3) is 3.59. The molecule has 0 fully saturated rings. The van der Waals surface area contributed by atoms with Crippen LogP contribution in [0.2, 0.25) is 0 Å². The summed E-state index contributed by atoms with van der Waals surface area (Å²) in [6, 6.07) is 10.3. The fourth-order valence-electron chi connectivity index (χ4n) is 2.18. The highest BCUT2D eigenvalue weighted by atomic mass is 16.5. The minimum Gasteiger partial charge on any atom is -0.508 e. The van der Waals surface area contributed by atoms with Crippen molar-refractivity contribution in [2.45, 2.75) is 13.3 Å².